The summed E-state index contributed by atoms with van der Waals surface area (Å²) in [5, 5.41) is 13.8. The van der Waals surface area contributed by atoms with Gasteiger partial charge < -0.3 is 10.1 Å². The van der Waals surface area contributed by atoms with Gasteiger partial charge in [0.1, 0.15) is 11.6 Å². The van der Waals surface area contributed by atoms with Gasteiger partial charge in [0.05, 0.1) is 23.4 Å². The molecular formula is C13H14N4O3. The van der Waals surface area contributed by atoms with Crippen molar-refractivity contribution in [3.8, 4) is 11.6 Å². The zero-order valence-corrected chi connectivity index (χ0v) is 10.9. The summed E-state index contributed by atoms with van der Waals surface area (Å²) in [7, 11) is 0. The van der Waals surface area contributed by atoms with Gasteiger partial charge >= 0.3 is 0 Å². The lowest BCUT2D eigenvalue weighted by atomic mass is 10.3. The Labute approximate surface area is 115 Å². The van der Waals surface area contributed by atoms with Crippen LogP contribution in [0, 0.1) is 10.1 Å². The molecule has 7 nitrogen and oxygen atoms in total. The number of non-ortho nitro benzene ring substituents is 1. The highest BCUT2D eigenvalue weighted by Crippen LogP contribution is 2.24. The summed E-state index contributed by atoms with van der Waals surface area (Å²) in [6.45, 7) is 2.83. The molecule has 104 valence electrons. The van der Waals surface area contributed by atoms with E-state index in [1.807, 2.05) is 6.92 Å². The first-order chi connectivity index (χ1) is 9.69. The number of benzene rings is 1. The summed E-state index contributed by atoms with van der Waals surface area (Å²) in [5.74, 6) is 1.24. The number of nitro benzene ring substituents is 1. The molecule has 0 bridgehead atoms. The van der Waals surface area contributed by atoms with Gasteiger partial charge in [0.25, 0.3) is 5.69 Å². The Bertz CT molecular complexity index is 604. The van der Waals surface area contributed by atoms with Crippen molar-refractivity contribution in [2.75, 3.05) is 11.9 Å². The Morgan fingerprint density at radius 2 is 2.25 bits per heavy atom. The molecule has 0 saturated carbocycles. The number of nitrogens with one attached hydrogen (secondary N) is 1. The fraction of sp³-hybridized carbons (Fsp3) is 0.231. The van der Waals surface area contributed by atoms with Crippen molar-refractivity contribution in [2.45, 2.75) is 13.3 Å². The fourth-order valence-corrected chi connectivity index (χ4v) is 1.52. The Balaban J connectivity index is 2.13. The molecule has 0 saturated heterocycles. The number of hydrogen-bond acceptors (Lipinski definition) is 6. The summed E-state index contributed by atoms with van der Waals surface area (Å²) in [6, 6.07) is 5.92. The predicted molar refractivity (Wildman–Crippen MR) is 74.0 cm³/mol. The fourth-order valence-electron chi connectivity index (χ4n) is 1.52. The van der Waals surface area contributed by atoms with E-state index in [-0.39, 0.29) is 11.6 Å². The number of rotatable bonds is 6. The minimum absolute atomic E-state index is 0.0317. The van der Waals surface area contributed by atoms with E-state index in [2.05, 4.69) is 15.3 Å². The molecule has 0 aliphatic heterocycles. The van der Waals surface area contributed by atoms with Crippen LogP contribution in [0.25, 0.3) is 0 Å². The average Bonchev–Trinajstić information content (AvgIpc) is 2.46. The van der Waals surface area contributed by atoms with E-state index in [1.54, 1.807) is 18.3 Å². The SMILES string of the molecule is CCCNc1cncc(Oc2cccc([N+](=O)[O-])c2)n1. The third-order valence-corrected chi connectivity index (χ3v) is 2.42. The standard InChI is InChI=1S/C13H14N4O3/c1-2-6-15-12-8-14-9-13(16-12)20-11-5-3-4-10(7-11)17(18)19/h3-5,7-9H,2,6H2,1H3,(H,15,16). The van der Waals surface area contributed by atoms with Crippen LogP contribution in [0.15, 0.2) is 36.7 Å². The lowest BCUT2D eigenvalue weighted by Gasteiger charge is -2.07. The molecule has 1 aromatic heterocycles. The molecule has 1 N–H and O–H groups in total. The van der Waals surface area contributed by atoms with Gasteiger partial charge in [-0.3, -0.25) is 15.1 Å². The quantitative estimate of drug-likeness (QED) is 0.643. The van der Waals surface area contributed by atoms with Gasteiger partial charge in [0.15, 0.2) is 0 Å². The van der Waals surface area contributed by atoms with Crippen LogP contribution in [-0.4, -0.2) is 21.4 Å². The molecule has 0 radical (unpaired) electrons. The van der Waals surface area contributed by atoms with E-state index in [9.17, 15) is 10.1 Å². The maximum atomic E-state index is 10.7. The summed E-state index contributed by atoms with van der Waals surface area (Å²) in [4.78, 5) is 18.4. The maximum Gasteiger partial charge on any atom is 0.273 e. The molecule has 2 aromatic rings. The van der Waals surface area contributed by atoms with E-state index in [0.29, 0.717) is 11.6 Å². The molecule has 7 heteroatoms. The minimum Gasteiger partial charge on any atom is -0.437 e. The van der Waals surface area contributed by atoms with E-state index in [0.717, 1.165) is 13.0 Å². The largest absolute Gasteiger partial charge is 0.437 e. The van der Waals surface area contributed by atoms with Crippen LogP contribution in [0.4, 0.5) is 11.5 Å². The zero-order valence-electron chi connectivity index (χ0n) is 10.9. The molecule has 0 unspecified atom stereocenters. The monoisotopic (exact) mass is 274 g/mol. The maximum absolute atomic E-state index is 10.7. The highest BCUT2D eigenvalue weighted by molar-refractivity contribution is 5.40. The molecule has 0 atom stereocenters. The molecule has 1 heterocycles. The number of aromatic nitrogens is 2. The summed E-state index contributed by atoms with van der Waals surface area (Å²) in [6.07, 6.45) is 4.02. The zero-order chi connectivity index (χ0) is 14.4. The number of nitro groups is 1. The molecule has 0 amide bonds. The second-order valence-corrected chi connectivity index (χ2v) is 4.03. The Morgan fingerprint density at radius 3 is 3.00 bits per heavy atom. The van der Waals surface area contributed by atoms with Gasteiger partial charge in [0.2, 0.25) is 5.88 Å². The van der Waals surface area contributed by atoms with E-state index < -0.39 is 4.92 Å². The van der Waals surface area contributed by atoms with Gasteiger partial charge in [0, 0.05) is 12.6 Å². The molecule has 0 aliphatic carbocycles. The second kappa shape index (κ2) is 6.46. The molecule has 1 aromatic carbocycles. The summed E-state index contributed by atoms with van der Waals surface area (Å²) in [5.41, 5.74) is -0.0317. The minimum atomic E-state index is -0.474. The third kappa shape index (κ3) is 3.64. The molecule has 0 aliphatic rings. The van der Waals surface area contributed by atoms with Crippen molar-refractivity contribution in [3.63, 3.8) is 0 Å². The number of ether oxygens (including phenoxy) is 1. The van der Waals surface area contributed by atoms with E-state index in [4.69, 9.17) is 4.74 Å². The van der Waals surface area contributed by atoms with Crippen molar-refractivity contribution in [3.05, 3.63) is 46.8 Å². The predicted octanol–water partition coefficient (Wildman–Crippen LogP) is 3.00. The first-order valence-electron chi connectivity index (χ1n) is 6.17. The highest BCUT2D eigenvalue weighted by Gasteiger charge is 2.08. The van der Waals surface area contributed by atoms with Crippen LogP contribution >= 0.6 is 0 Å². The first-order valence-corrected chi connectivity index (χ1v) is 6.17. The van der Waals surface area contributed by atoms with Crippen LogP contribution in [-0.2, 0) is 0 Å². The number of nitrogens with zero attached hydrogens (tertiary/aromatic N) is 3. The Kier molecular flexibility index (Phi) is 4.43. The normalized spacial score (nSPS) is 10.1. The van der Waals surface area contributed by atoms with E-state index in [1.165, 1.54) is 18.3 Å². The summed E-state index contributed by atoms with van der Waals surface area (Å²) < 4.78 is 5.47. The molecule has 20 heavy (non-hydrogen) atoms. The van der Waals surface area contributed by atoms with Crippen LogP contribution in [0.5, 0.6) is 11.6 Å². The molecule has 2 rings (SSSR count). The van der Waals surface area contributed by atoms with Gasteiger partial charge in [-0.2, -0.15) is 4.98 Å². The second-order valence-electron chi connectivity index (χ2n) is 4.03. The summed E-state index contributed by atoms with van der Waals surface area (Å²) >= 11 is 0. The lowest BCUT2D eigenvalue weighted by molar-refractivity contribution is -0.384. The Morgan fingerprint density at radius 1 is 1.40 bits per heavy atom. The van der Waals surface area contributed by atoms with Gasteiger partial charge in [-0.05, 0) is 12.5 Å². The smallest absolute Gasteiger partial charge is 0.273 e. The van der Waals surface area contributed by atoms with Crippen molar-refractivity contribution in [1.29, 1.82) is 0 Å². The van der Waals surface area contributed by atoms with Crippen molar-refractivity contribution < 1.29 is 9.66 Å². The van der Waals surface area contributed by atoms with Crippen molar-refractivity contribution in [2.24, 2.45) is 0 Å². The van der Waals surface area contributed by atoms with Gasteiger partial charge in [-0.15, -0.1) is 0 Å². The third-order valence-electron chi connectivity index (χ3n) is 2.42. The van der Waals surface area contributed by atoms with Gasteiger partial charge in [-0.1, -0.05) is 13.0 Å². The molecular weight excluding hydrogens is 260 g/mol. The van der Waals surface area contributed by atoms with Crippen LogP contribution in [0.2, 0.25) is 0 Å². The molecule has 0 spiro atoms. The van der Waals surface area contributed by atoms with Gasteiger partial charge in [-0.25, -0.2) is 0 Å². The van der Waals surface area contributed by atoms with Crippen LogP contribution in [0.1, 0.15) is 13.3 Å². The van der Waals surface area contributed by atoms with Crippen molar-refractivity contribution in [1.82, 2.24) is 9.97 Å². The topological polar surface area (TPSA) is 90.2 Å². The van der Waals surface area contributed by atoms with E-state index >= 15 is 0 Å². The number of hydrogen-bond donors (Lipinski definition) is 1. The highest BCUT2D eigenvalue weighted by atomic mass is 16.6. The average molecular weight is 274 g/mol. The number of anilines is 1. The van der Waals surface area contributed by atoms with Crippen molar-refractivity contribution >= 4 is 11.5 Å². The van der Waals surface area contributed by atoms with Crippen LogP contribution < -0.4 is 10.1 Å². The first kappa shape index (κ1) is 13.7. The lowest BCUT2D eigenvalue weighted by Crippen LogP contribution is -2.03. The van der Waals surface area contributed by atoms with Crippen LogP contribution in [0.3, 0.4) is 0 Å². The Hall–Kier alpha value is -2.70. The molecule has 0 fully saturated rings.